The SMILES string of the molecule is CCOC(=O)C1=C(C)N=c2s/c(=C\c3c(C)n(Cc4ccc(Cl)cc4)c4ccccc34)c(=O)n2C1c1cccs1. The number of thiophene rings is 1. The van der Waals surface area contributed by atoms with Crippen LogP contribution in [0.15, 0.2) is 87.1 Å². The number of nitrogens with zero attached hydrogens (tertiary/aromatic N) is 3. The van der Waals surface area contributed by atoms with Gasteiger partial charge in [0.1, 0.15) is 6.04 Å². The second kappa shape index (κ2) is 10.7. The van der Waals surface area contributed by atoms with Gasteiger partial charge in [-0.2, -0.15) is 0 Å². The van der Waals surface area contributed by atoms with Crippen molar-refractivity contribution in [1.82, 2.24) is 9.13 Å². The summed E-state index contributed by atoms with van der Waals surface area (Å²) in [7, 11) is 0. The van der Waals surface area contributed by atoms with E-state index < -0.39 is 12.0 Å². The third-order valence-electron chi connectivity index (χ3n) is 7.14. The number of thiazole rings is 1. The number of halogens is 1. The van der Waals surface area contributed by atoms with E-state index in [4.69, 9.17) is 21.3 Å². The molecule has 6 rings (SSSR count). The number of benzene rings is 2. The Hall–Kier alpha value is -3.72. The Morgan fingerprint density at radius 1 is 1.10 bits per heavy atom. The van der Waals surface area contributed by atoms with Crippen molar-refractivity contribution in [2.24, 2.45) is 4.99 Å². The third kappa shape index (κ3) is 4.56. The fraction of sp³-hybridized carbons (Fsp3) is 0.194. The summed E-state index contributed by atoms with van der Waals surface area (Å²) in [6.45, 7) is 6.58. The van der Waals surface area contributed by atoms with Crippen molar-refractivity contribution in [2.45, 2.75) is 33.4 Å². The molecule has 0 amide bonds. The molecule has 2 aromatic carbocycles. The molecule has 0 bridgehead atoms. The molecule has 1 atom stereocenters. The quantitative estimate of drug-likeness (QED) is 0.235. The first kappa shape index (κ1) is 26.5. The fourth-order valence-corrected chi connectivity index (χ4v) is 7.23. The molecular formula is C31H26ClN3O3S2. The minimum Gasteiger partial charge on any atom is -0.463 e. The Morgan fingerprint density at radius 3 is 2.60 bits per heavy atom. The summed E-state index contributed by atoms with van der Waals surface area (Å²) < 4.78 is 9.85. The van der Waals surface area contributed by atoms with Crippen molar-refractivity contribution >= 4 is 57.2 Å². The van der Waals surface area contributed by atoms with Gasteiger partial charge in [-0.15, -0.1) is 11.3 Å². The van der Waals surface area contributed by atoms with Gasteiger partial charge in [0.2, 0.25) is 0 Å². The van der Waals surface area contributed by atoms with E-state index in [1.807, 2.05) is 60.0 Å². The van der Waals surface area contributed by atoms with E-state index in [1.54, 1.807) is 18.4 Å². The first-order valence-electron chi connectivity index (χ1n) is 12.9. The highest BCUT2D eigenvalue weighted by Crippen LogP contribution is 2.33. The number of aromatic nitrogens is 2. The lowest BCUT2D eigenvalue weighted by atomic mass is 10.0. The lowest BCUT2D eigenvalue weighted by Crippen LogP contribution is -2.39. The number of para-hydroxylation sites is 1. The number of esters is 1. The molecule has 0 aliphatic carbocycles. The fourth-order valence-electron chi connectivity index (χ4n) is 5.25. The molecule has 6 nitrogen and oxygen atoms in total. The molecule has 0 radical (unpaired) electrons. The molecule has 0 spiro atoms. The van der Waals surface area contributed by atoms with E-state index in [0.717, 1.165) is 32.6 Å². The van der Waals surface area contributed by atoms with Crippen molar-refractivity contribution < 1.29 is 9.53 Å². The molecule has 1 aliphatic rings. The minimum absolute atomic E-state index is 0.176. The topological polar surface area (TPSA) is 65.6 Å². The highest BCUT2D eigenvalue weighted by Gasteiger charge is 2.34. The molecule has 5 aromatic rings. The molecule has 0 N–H and O–H groups in total. The lowest BCUT2D eigenvalue weighted by Gasteiger charge is -2.23. The van der Waals surface area contributed by atoms with Crippen LogP contribution in [0.5, 0.6) is 0 Å². The van der Waals surface area contributed by atoms with Gasteiger partial charge in [0, 0.05) is 38.6 Å². The van der Waals surface area contributed by atoms with Gasteiger partial charge in [-0.25, -0.2) is 9.79 Å². The van der Waals surface area contributed by atoms with Gasteiger partial charge in [-0.1, -0.05) is 59.3 Å². The number of ether oxygens (including phenoxy) is 1. The van der Waals surface area contributed by atoms with Crippen LogP contribution >= 0.6 is 34.3 Å². The van der Waals surface area contributed by atoms with Gasteiger partial charge in [0.15, 0.2) is 4.80 Å². The average Bonchev–Trinajstić information content (AvgIpc) is 3.64. The number of hydrogen-bond donors (Lipinski definition) is 0. The molecule has 0 fully saturated rings. The molecule has 1 unspecified atom stereocenters. The Kier molecular flexibility index (Phi) is 7.08. The standard InChI is InChI=1S/C31H26ClN3O3S2/c1-4-38-30(37)27-18(2)33-31-35(28(27)25-10-7-15-39-25)29(36)26(40-31)16-23-19(3)34(24-9-6-5-8-22(23)24)17-20-11-13-21(32)14-12-20/h5-16,28H,4,17H2,1-3H3/b26-16-. The number of hydrogen-bond acceptors (Lipinski definition) is 6. The molecule has 0 saturated carbocycles. The van der Waals surface area contributed by atoms with Crippen molar-refractivity contribution in [3.05, 3.63) is 124 Å². The van der Waals surface area contributed by atoms with Crippen molar-refractivity contribution in [2.75, 3.05) is 6.61 Å². The van der Waals surface area contributed by atoms with Crippen LogP contribution in [0, 0.1) is 6.92 Å². The van der Waals surface area contributed by atoms with E-state index in [9.17, 15) is 9.59 Å². The zero-order chi connectivity index (χ0) is 28.0. The maximum atomic E-state index is 14.0. The predicted octanol–water partition coefficient (Wildman–Crippen LogP) is 5.82. The molecule has 4 heterocycles. The Bertz CT molecular complexity index is 1960. The lowest BCUT2D eigenvalue weighted by molar-refractivity contribution is -0.139. The van der Waals surface area contributed by atoms with Gasteiger partial charge in [0.05, 0.1) is 22.4 Å². The van der Waals surface area contributed by atoms with Crippen molar-refractivity contribution in [3.8, 4) is 0 Å². The summed E-state index contributed by atoms with van der Waals surface area (Å²) in [6.07, 6.45) is 1.97. The highest BCUT2D eigenvalue weighted by molar-refractivity contribution is 7.10. The second-order valence-corrected chi connectivity index (χ2v) is 12.0. The molecule has 1 aliphatic heterocycles. The van der Waals surface area contributed by atoms with E-state index >= 15 is 0 Å². The number of allylic oxidation sites excluding steroid dienone is 1. The molecule has 0 saturated heterocycles. The minimum atomic E-state index is -0.579. The smallest absolute Gasteiger partial charge is 0.338 e. The molecule has 40 heavy (non-hydrogen) atoms. The molecular weight excluding hydrogens is 562 g/mol. The van der Waals surface area contributed by atoms with E-state index in [1.165, 1.54) is 22.7 Å². The predicted molar refractivity (Wildman–Crippen MR) is 162 cm³/mol. The maximum Gasteiger partial charge on any atom is 0.338 e. The van der Waals surface area contributed by atoms with Gasteiger partial charge in [-0.3, -0.25) is 9.36 Å². The van der Waals surface area contributed by atoms with Crippen LogP contribution < -0.4 is 14.9 Å². The maximum absolute atomic E-state index is 14.0. The van der Waals surface area contributed by atoms with Crippen LogP contribution in [-0.2, 0) is 16.1 Å². The van der Waals surface area contributed by atoms with Crippen LogP contribution in [0.25, 0.3) is 17.0 Å². The average molecular weight is 588 g/mol. The second-order valence-electron chi connectivity index (χ2n) is 9.55. The van der Waals surface area contributed by atoms with Crippen LogP contribution in [0.1, 0.15) is 41.6 Å². The van der Waals surface area contributed by atoms with Crippen LogP contribution in [0.2, 0.25) is 5.02 Å². The molecule has 9 heteroatoms. The summed E-state index contributed by atoms with van der Waals surface area (Å²) in [5.74, 6) is -0.447. The van der Waals surface area contributed by atoms with Gasteiger partial charge in [-0.05, 0) is 62.1 Å². The number of carbonyl (C=O) groups is 1. The van der Waals surface area contributed by atoms with E-state index in [0.29, 0.717) is 32.2 Å². The number of rotatable bonds is 6. The van der Waals surface area contributed by atoms with Gasteiger partial charge >= 0.3 is 5.97 Å². The molecule has 202 valence electrons. The van der Waals surface area contributed by atoms with Gasteiger partial charge in [0.25, 0.3) is 5.56 Å². The Balaban J connectivity index is 1.53. The Labute approximate surface area is 243 Å². The van der Waals surface area contributed by atoms with Gasteiger partial charge < -0.3 is 9.30 Å². The summed E-state index contributed by atoms with van der Waals surface area (Å²) in [4.78, 5) is 33.2. The summed E-state index contributed by atoms with van der Waals surface area (Å²) >= 11 is 8.96. The third-order valence-corrected chi connectivity index (χ3v) is 9.30. The zero-order valence-electron chi connectivity index (χ0n) is 22.2. The number of carbonyl (C=O) groups excluding carboxylic acids is 1. The number of fused-ring (bicyclic) bond motifs is 2. The first-order valence-corrected chi connectivity index (χ1v) is 15.0. The van der Waals surface area contributed by atoms with Crippen LogP contribution in [0.4, 0.5) is 0 Å². The largest absolute Gasteiger partial charge is 0.463 e. The van der Waals surface area contributed by atoms with Crippen molar-refractivity contribution in [3.63, 3.8) is 0 Å². The van der Waals surface area contributed by atoms with Crippen molar-refractivity contribution in [1.29, 1.82) is 0 Å². The van der Waals surface area contributed by atoms with Crippen LogP contribution in [-0.4, -0.2) is 21.7 Å². The van der Waals surface area contributed by atoms with E-state index in [-0.39, 0.29) is 12.2 Å². The first-order chi connectivity index (χ1) is 19.4. The van der Waals surface area contributed by atoms with Crippen LogP contribution in [0.3, 0.4) is 0 Å². The summed E-state index contributed by atoms with van der Waals surface area (Å²) in [5, 5.41) is 3.72. The zero-order valence-corrected chi connectivity index (χ0v) is 24.6. The summed E-state index contributed by atoms with van der Waals surface area (Å²) in [6, 6.07) is 19.4. The highest BCUT2D eigenvalue weighted by atomic mass is 35.5. The monoisotopic (exact) mass is 587 g/mol. The summed E-state index contributed by atoms with van der Waals surface area (Å²) in [5.41, 5.74) is 5.07. The molecule has 3 aromatic heterocycles. The normalized spacial score (nSPS) is 15.4. The Morgan fingerprint density at radius 2 is 1.88 bits per heavy atom. The van der Waals surface area contributed by atoms with E-state index in [2.05, 4.69) is 23.6 Å².